The molecule has 0 saturated heterocycles. The van der Waals surface area contributed by atoms with Gasteiger partial charge in [0.2, 0.25) is 0 Å². The molecule has 0 bridgehead atoms. The van der Waals surface area contributed by atoms with Gasteiger partial charge >= 0.3 is 0 Å². The van der Waals surface area contributed by atoms with Crippen molar-refractivity contribution in [3.05, 3.63) is 138 Å². The van der Waals surface area contributed by atoms with Crippen LogP contribution < -0.4 is 5.32 Å². The van der Waals surface area contributed by atoms with Crippen LogP contribution in [0.1, 0.15) is 11.1 Å². The second kappa shape index (κ2) is 11.7. The van der Waals surface area contributed by atoms with E-state index in [9.17, 15) is 10.1 Å². The van der Waals surface area contributed by atoms with E-state index in [4.69, 9.17) is 5.10 Å². The van der Waals surface area contributed by atoms with Gasteiger partial charge in [-0.1, -0.05) is 103 Å². The zero-order valence-electron chi connectivity index (χ0n) is 20.8. The molecule has 38 heavy (non-hydrogen) atoms. The average Bonchev–Trinajstić information content (AvgIpc) is 3.43. The highest BCUT2D eigenvalue weighted by atomic mass is 16.1. The monoisotopic (exact) mass is 494 g/mol. The van der Waals surface area contributed by atoms with Crippen molar-refractivity contribution in [2.24, 2.45) is 0 Å². The molecule has 0 radical (unpaired) electrons. The lowest BCUT2D eigenvalue weighted by atomic mass is 10.1. The topological polar surface area (TPSA) is 70.7 Å². The summed E-state index contributed by atoms with van der Waals surface area (Å²) in [6.07, 6.45) is 2.32. The summed E-state index contributed by atoms with van der Waals surface area (Å²) in [4.78, 5) is 12.6. The van der Waals surface area contributed by atoms with Gasteiger partial charge in [0.05, 0.1) is 17.1 Å². The smallest absolute Gasteiger partial charge is 0.261 e. The number of benzene rings is 4. The van der Waals surface area contributed by atoms with E-state index < -0.39 is 0 Å². The molecular formula is C33H26N4O. The van der Waals surface area contributed by atoms with E-state index in [0.29, 0.717) is 13.0 Å². The molecule has 1 amide bonds. The molecule has 1 heterocycles. The second-order valence-electron chi connectivity index (χ2n) is 8.81. The van der Waals surface area contributed by atoms with Gasteiger partial charge in [0.1, 0.15) is 11.6 Å². The van der Waals surface area contributed by atoms with Crippen LogP contribution >= 0.6 is 0 Å². The summed E-state index contributed by atoms with van der Waals surface area (Å²) < 4.78 is 1.92. The standard InChI is InChI=1S/C33H26N4O/c34-24-29(33(38)35-21-20-25-10-4-1-5-11-25)22-26-16-18-30(19-17-26)37-32(28-14-8-3-9-15-28)23-31(36-37)27-12-6-2-7-13-27/h1-19,22-23H,20-21H2,(H,35,38)/b29-22+. The highest BCUT2D eigenvalue weighted by molar-refractivity contribution is 6.01. The summed E-state index contributed by atoms with van der Waals surface area (Å²) in [6.45, 7) is 0.464. The Hall–Kier alpha value is -5.21. The molecule has 5 nitrogen and oxygen atoms in total. The summed E-state index contributed by atoms with van der Waals surface area (Å²) in [5.74, 6) is -0.376. The number of aromatic nitrogens is 2. The Bertz CT molecular complexity index is 1580. The predicted octanol–water partition coefficient (Wildman–Crippen LogP) is 6.47. The van der Waals surface area contributed by atoms with Crippen LogP contribution in [0, 0.1) is 11.3 Å². The molecule has 0 fully saturated rings. The zero-order chi connectivity index (χ0) is 26.2. The van der Waals surface area contributed by atoms with Gasteiger partial charge in [-0.15, -0.1) is 0 Å². The summed E-state index contributed by atoms with van der Waals surface area (Å²) >= 11 is 0. The molecule has 4 aromatic carbocycles. The quantitative estimate of drug-likeness (QED) is 0.198. The van der Waals surface area contributed by atoms with Gasteiger partial charge in [-0.2, -0.15) is 10.4 Å². The first-order valence-corrected chi connectivity index (χ1v) is 12.5. The normalized spacial score (nSPS) is 11.1. The molecule has 0 saturated carbocycles. The summed E-state index contributed by atoms with van der Waals surface area (Å²) in [5.41, 5.74) is 6.81. The number of hydrogen-bond acceptors (Lipinski definition) is 3. The van der Waals surface area contributed by atoms with Crippen LogP contribution in [0.4, 0.5) is 0 Å². The third-order valence-corrected chi connectivity index (χ3v) is 6.20. The van der Waals surface area contributed by atoms with Crippen LogP contribution in [0.3, 0.4) is 0 Å². The van der Waals surface area contributed by atoms with Crippen molar-refractivity contribution >= 4 is 12.0 Å². The summed E-state index contributed by atoms with van der Waals surface area (Å²) in [6, 6.07) is 41.9. The van der Waals surface area contributed by atoms with Crippen molar-refractivity contribution in [1.82, 2.24) is 15.1 Å². The molecule has 0 unspecified atom stereocenters. The third kappa shape index (κ3) is 5.77. The largest absolute Gasteiger partial charge is 0.351 e. The van der Waals surface area contributed by atoms with Gasteiger partial charge in [0.25, 0.3) is 5.91 Å². The predicted molar refractivity (Wildman–Crippen MR) is 151 cm³/mol. The number of nitrogens with one attached hydrogen (secondary N) is 1. The van der Waals surface area contributed by atoms with Crippen LogP contribution in [-0.2, 0) is 11.2 Å². The number of nitrogens with zero attached hydrogens (tertiary/aromatic N) is 3. The van der Waals surface area contributed by atoms with Crippen LogP contribution in [0.2, 0.25) is 0 Å². The van der Waals surface area contributed by atoms with E-state index in [2.05, 4.69) is 23.5 Å². The molecule has 5 rings (SSSR count). The van der Waals surface area contributed by atoms with Crippen molar-refractivity contribution in [3.63, 3.8) is 0 Å². The van der Waals surface area contributed by atoms with Crippen LogP contribution in [-0.4, -0.2) is 22.2 Å². The van der Waals surface area contributed by atoms with Crippen molar-refractivity contribution < 1.29 is 4.79 Å². The van der Waals surface area contributed by atoms with Crippen molar-refractivity contribution in [1.29, 1.82) is 5.26 Å². The second-order valence-corrected chi connectivity index (χ2v) is 8.81. The zero-order valence-corrected chi connectivity index (χ0v) is 20.8. The Labute approximate surface area is 222 Å². The Kier molecular flexibility index (Phi) is 7.53. The lowest BCUT2D eigenvalue weighted by molar-refractivity contribution is -0.117. The minimum absolute atomic E-state index is 0.0706. The van der Waals surface area contributed by atoms with Gasteiger partial charge in [-0.05, 0) is 41.8 Å². The Morgan fingerprint density at radius 1 is 0.816 bits per heavy atom. The third-order valence-electron chi connectivity index (χ3n) is 6.20. The summed E-state index contributed by atoms with van der Waals surface area (Å²) in [7, 11) is 0. The molecule has 0 spiro atoms. The first-order chi connectivity index (χ1) is 18.7. The molecule has 184 valence electrons. The van der Waals surface area contributed by atoms with E-state index in [1.165, 1.54) is 0 Å². The molecular weight excluding hydrogens is 468 g/mol. The fourth-order valence-electron chi connectivity index (χ4n) is 4.23. The fourth-order valence-corrected chi connectivity index (χ4v) is 4.23. The molecule has 0 atom stereocenters. The highest BCUT2D eigenvalue weighted by Gasteiger charge is 2.13. The van der Waals surface area contributed by atoms with E-state index in [-0.39, 0.29) is 11.5 Å². The lowest BCUT2D eigenvalue weighted by Gasteiger charge is -2.08. The maximum absolute atomic E-state index is 12.6. The van der Waals surface area contributed by atoms with Crippen molar-refractivity contribution in [2.75, 3.05) is 6.54 Å². The number of amides is 1. The molecule has 1 aromatic heterocycles. The first kappa shape index (κ1) is 24.5. The fraction of sp³-hybridized carbons (Fsp3) is 0.0606. The molecule has 1 N–H and O–H groups in total. The number of carbonyl (C=O) groups excluding carboxylic acids is 1. The molecule has 0 aliphatic carbocycles. The maximum atomic E-state index is 12.6. The number of carbonyl (C=O) groups is 1. The van der Waals surface area contributed by atoms with Crippen LogP contribution in [0.25, 0.3) is 34.3 Å². The molecule has 5 aromatic rings. The van der Waals surface area contributed by atoms with Gasteiger partial charge in [0.15, 0.2) is 0 Å². The highest BCUT2D eigenvalue weighted by Crippen LogP contribution is 2.29. The van der Waals surface area contributed by atoms with E-state index in [1.807, 2.05) is 114 Å². The Morgan fingerprint density at radius 3 is 2.05 bits per heavy atom. The minimum Gasteiger partial charge on any atom is -0.351 e. The van der Waals surface area contributed by atoms with Crippen LogP contribution in [0.5, 0.6) is 0 Å². The number of hydrogen-bond donors (Lipinski definition) is 1. The van der Waals surface area contributed by atoms with E-state index >= 15 is 0 Å². The number of rotatable bonds is 8. The Morgan fingerprint density at radius 2 is 1.42 bits per heavy atom. The lowest BCUT2D eigenvalue weighted by Crippen LogP contribution is -2.26. The van der Waals surface area contributed by atoms with E-state index in [0.717, 1.165) is 39.3 Å². The maximum Gasteiger partial charge on any atom is 0.261 e. The SMILES string of the molecule is N#C/C(=C\c1ccc(-n2nc(-c3ccccc3)cc2-c2ccccc2)cc1)C(=O)NCCc1ccccc1. The minimum atomic E-state index is -0.376. The van der Waals surface area contributed by atoms with Crippen molar-refractivity contribution in [2.45, 2.75) is 6.42 Å². The molecule has 5 heteroatoms. The average molecular weight is 495 g/mol. The first-order valence-electron chi connectivity index (χ1n) is 12.5. The molecule has 0 aliphatic heterocycles. The number of nitriles is 1. The van der Waals surface area contributed by atoms with E-state index in [1.54, 1.807) is 6.08 Å². The van der Waals surface area contributed by atoms with Crippen molar-refractivity contribution in [3.8, 4) is 34.3 Å². The van der Waals surface area contributed by atoms with Gasteiger partial charge in [0, 0.05) is 17.7 Å². The van der Waals surface area contributed by atoms with Gasteiger partial charge < -0.3 is 5.32 Å². The molecule has 0 aliphatic rings. The Balaban J connectivity index is 1.37. The summed E-state index contributed by atoms with van der Waals surface area (Å²) in [5, 5.41) is 17.3. The van der Waals surface area contributed by atoms with Gasteiger partial charge in [-0.3, -0.25) is 4.79 Å². The van der Waals surface area contributed by atoms with Crippen LogP contribution in [0.15, 0.2) is 127 Å². The van der Waals surface area contributed by atoms with Gasteiger partial charge in [-0.25, -0.2) is 4.68 Å².